The van der Waals surface area contributed by atoms with Gasteiger partial charge in [0.2, 0.25) is 0 Å². The van der Waals surface area contributed by atoms with Crippen LogP contribution in [0.3, 0.4) is 0 Å². The van der Waals surface area contributed by atoms with E-state index in [1.54, 1.807) is 11.8 Å². The van der Waals surface area contributed by atoms with E-state index in [-0.39, 0.29) is 0 Å². The van der Waals surface area contributed by atoms with Crippen molar-refractivity contribution in [1.29, 1.82) is 0 Å². The molecule has 92 valence electrons. The second-order valence-electron chi connectivity index (χ2n) is 4.35. The molecule has 0 spiro atoms. The molecule has 0 saturated carbocycles. The number of benzene rings is 1. The topological polar surface area (TPSA) is 28.8 Å². The number of hydrogen-bond acceptors (Lipinski definition) is 3. The largest absolute Gasteiger partial charge is 0.318 e. The number of aryl methyl sites for hydroxylation is 1. The number of amidine groups is 1. The number of nitrogens with zero attached hydrogens (tertiary/aromatic N) is 1. The summed E-state index contributed by atoms with van der Waals surface area (Å²) >= 11 is 1.79. The Bertz CT molecular complexity index is 386. The normalized spacial score (nSPS) is 19.6. The van der Waals surface area contributed by atoms with E-state index < -0.39 is 0 Å². The summed E-state index contributed by atoms with van der Waals surface area (Å²) in [6.45, 7) is 7.34. The van der Waals surface area contributed by atoms with Gasteiger partial charge >= 0.3 is 0 Å². The number of quaternary nitrogens is 1. The highest BCUT2D eigenvalue weighted by atomic mass is 32.2. The van der Waals surface area contributed by atoms with Crippen molar-refractivity contribution in [3.05, 3.63) is 35.4 Å². The molecule has 0 saturated heterocycles. The highest BCUT2D eigenvalue weighted by Gasteiger charge is 2.12. The molecular weight excluding hydrogens is 230 g/mol. The third-order valence-electron chi connectivity index (χ3n) is 2.93. The van der Waals surface area contributed by atoms with Gasteiger partial charge in [-0.2, -0.15) is 0 Å². The first-order chi connectivity index (χ1) is 8.28. The van der Waals surface area contributed by atoms with E-state index in [2.05, 4.69) is 48.4 Å². The molecular formula is C13H20N3S+. The van der Waals surface area contributed by atoms with E-state index in [0.717, 1.165) is 30.8 Å². The lowest BCUT2D eigenvalue weighted by atomic mass is 10.2. The zero-order chi connectivity index (χ0) is 12.1. The highest BCUT2D eigenvalue weighted by molar-refractivity contribution is 8.13. The second kappa shape index (κ2) is 6.07. The maximum atomic E-state index is 4.55. The SMILES string of the molecule is CC[NH+]1CN=C(SCc2ccc(C)cc2)NC1. The average molecular weight is 250 g/mol. The van der Waals surface area contributed by atoms with Gasteiger partial charge in [0.25, 0.3) is 0 Å². The van der Waals surface area contributed by atoms with Gasteiger partial charge in [0.05, 0.1) is 6.54 Å². The predicted octanol–water partition coefficient (Wildman–Crippen LogP) is 1.01. The van der Waals surface area contributed by atoms with Gasteiger partial charge < -0.3 is 5.32 Å². The minimum atomic E-state index is 0.903. The predicted molar refractivity (Wildman–Crippen MR) is 74.3 cm³/mol. The smallest absolute Gasteiger partial charge is 0.175 e. The molecule has 0 bridgehead atoms. The van der Waals surface area contributed by atoms with Gasteiger partial charge in [-0.25, -0.2) is 4.99 Å². The van der Waals surface area contributed by atoms with Crippen LogP contribution in [0.2, 0.25) is 0 Å². The van der Waals surface area contributed by atoms with Crippen molar-refractivity contribution in [3.63, 3.8) is 0 Å². The summed E-state index contributed by atoms with van der Waals surface area (Å²) in [7, 11) is 0. The highest BCUT2D eigenvalue weighted by Crippen LogP contribution is 2.13. The van der Waals surface area contributed by atoms with Gasteiger partial charge in [0.1, 0.15) is 0 Å². The Labute approximate surface area is 107 Å². The molecule has 1 aromatic rings. The molecule has 0 amide bonds. The van der Waals surface area contributed by atoms with Crippen molar-refractivity contribution in [1.82, 2.24) is 5.32 Å². The summed E-state index contributed by atoms with van der Waals surface area (Å²) in [4.78, 5) is 6.04. The van der Waals surface area contributed by atoms with E-state index in [1.807, 2.05) is 0 Å². The van der Waals surface area contributed by atoms with Crippen LogP contribution < -0.4 is 10.2 Å². The molecule has 1 heterocycles. The zero-order valence-corrected chi connectivity index (χ0v) is 11.3. The molecule has 0 aliphatic carbocycles. The molecule has 0 aromatic heterocycles. The van der Waals surface area contributed by atoms with Crippen molar-refractivity contribution in [3.8, 4) is 0 Å². The Morgan fingerprint density at radius 3 is 2.71 bits per heavy atom. The number of nitrogens with one attached hydrogen (secondary N) is 2. The maximum Gasteiger partial charge on any atom is 0.175 e. The fourth-order valence-corrected chi connectivity index (χ4v) is 2.49. The Balaban J connectivity index is 1.83. The molecule has 1 unspecified atom stereocenters. The van der Waals surface area contributed by atoms with Crippen LogP contribution in [0.1, 0.15) is 18.1 Å². The monoisotopic (exact) mass is 250 g/mol. The minimum Gasteiger partial charge on any atom is -0.318 e. The van der Waals surface area contributed by atoms with Crippen LogP contribution >= 0.6 is 11.8 Å². The van der Waals surface area contributed by atoms with Crippen LogP contribution in [-0.4, -0.2) is 25.0 Å². The Morgan fingerprint density at radius 2 is 2.12 bits per heavy atom. The lowest BCUT2D eigenvalue weighted by Gasteiger charge is -2.22. The lowest BCUT2D eigenvalue weighted by Crippen LogP contribution is -3.14. The second-order valence-corrected chi connectivity index (χ2v) is 5.32. The standard InChI is InChI=1S/C13H19N3S/c1-3-16-9-14-13(15-10-16)17-8-12-6-4-11(2)5-7-12/h4-7H,3,8-10H2,1-2H3,(H,14,15)/p+1. The van der Waals surface area contributed by atoms with Crippen molar-refractivity contribution < 1.29 is 4.90 Å². The molecule has 0 radical (unpaired) electrons. The summed E-state index contributed by atoms with van der Waals surface area (Å²) in [5.74, 6) is 0.994. The van der Waals surface area contributed by atoms with Crippen LogP contribution in [0.15, 0.2) is 29.3 Å². The number of thioether (sulfide) groups is 1. The number of aliphatic imine (C=N–C) groups is 1. The molecule has 17 heavy (non-hydrogen) atoms. The molecule has 1 atom stereocenters. The van der Waals surface area contributed by atoms with Crippen LogP contribution in [0, 0.1) is 6.92 Å². The molecule has 2 rings (SSSR count). The summed E-state index contributed by atoms with van der Waals surface area (Å²) in [6, 6.07) is 8.70. The van der Waals surface area contributed by atoms with Gasteiger partial charge in [-0.3, -0.25) is 4.90 Å². The summed E-state index contributed by atoms with van der Waals surface area (Å²) in [5, 5.41) is 4.46. The van der Waals surface area contributed by atoms with Crippen molar-refractivity contribution in [2.45, 2.75) is 19.6 Å². The average Bonchev–Trinajstić information content (AvgIpc) is 2.39. The Hall–Kier alpha value is -1.00. The molecule has 4 heteroatoms. The van der Waals surface area contributed by atoms with Crippen LogP contribution in [0.5, 0.6) is 0 Å². The zero-order valence-electron chi connectivity index (χ0n) is 10.5. The van der Waals surface area contributed by atoms with Gasteiger partial charge in [0.15, 0.2) is 18.5 Å². The summed E-state index contributed by atoms with van der Waals surface area (Å²) in [6.07, 6.45) is 0. The summed E-state index contributed by atoms with van der Waals surface area (Å²) < 4.78 is 0. The number of rotatable bonds is 3. The third-order valence-corrected chi connectivity index (χ3v) is 3.96. The van der Waals surface area contributed by atoms with Crippen molar-refractivity contribution in [2.24, 2.45) is 4.99 Å². The number of hydrogen-bond donors (Lipinski definition) is 2. The maximum absolute atomic E-state index is 4.55. The minimum absolute atomic E-state index is 0.903. The molecule has 1 aliphatic rings. The molecule has 2 N–H and O–H groups in total. The fourth-order valence-electron chi connectivity index (χ4n) is 1.67. The van der Waals surface area contributed by atoms with E-state index >= 15 is 0 Å². The van der Waals surface area contributed by atoms with E-state index in [4.69, 9.17) is 0 Å². The first-order valence-electron chi connectivity index (χ1n) is 6.08. The quantitative estimate of drug-likeness (QED) is 0.838. The molecule has 0 fully saturated rings. The first kappa shape index (κ1) is 12.5. The summed E-state index contributed by atoms with van der Waals surface area (Å²) in [5.41, 5.74) is 2.67. The fraction of sp³-hybridized carbons (Fsp3) is 0.462. The van der Waals surface area contributed by atoms with Gasteiger partial charge in [-0.1, -0.05) is 41.6 Å². The molecule has 3 nitrogen and oxygen atoms in total. The van der Waals surface area contributed by atoms with Crippen LogP contribution in [0.25, 0.3) is 0 Å². The van der Waals surface area contributed by atoms with Crippen LogP contribution in [-0.2, 0) is 5.75 Å². The van der Waals surface area contributed by atoms with Crippen LogP contribution in [0.4, 0.5) is 0 Å². The van der Waals surface area contributed by atoms with E-state index in [9.17, 15) is 0 Å². The molecule has 1 aliphatic heterocycles. The lowest BCUT2D eigenvalue weighted by molar-refractivity contribution is -0.900. The van der Waals surface area contributed by atoms with Gasteiger partial charge in [-0.15, -0.1) is 0 Å². The first-order valence-corrected chi connectivity index (χ1v) is 7.06. The van der Waals surface area contributed by atoms with Gasteiger partial charge in [0, 0.05) is 5.75 Å². The Morgan fingerprint density at radius 1 is 1.35 bits per heavy atom. The van der Waals surface area contributed by atoms with E-state index in [0.29, 0.717) is 0 Å². The van der Waals surface area contributed by atoms with Gasteiger partial charge in [-0.05, 0) is 19.4 Å². The molecule has 1 aromatic carbocycles. The van der Waals surface area contributed by atoms with Crippen molar-refractivity contribution >= 4 is 16.9 Å². The van der Waals surface area contributed by atoms with E-state index in [1.165, 1.54) is 16.0 Å². The van der Waals surface area contributed by atoms with Crippen molar-refractivity contribution in [2.75, 3.05) is 19.9 Å². The Kier molecular flexibility index (Phi) is 4.45. The third kappa shape index (κ3) is 3.75.